The van der Waals surface area contributed by atoms with Gasteiger partial charge in [0, 0.05) is 26.3 Å². The molecule has 21 heteroatoms. The molecule has 0 aliphatic heterocycles. The molecule has 61 heavy (non-hydrogen) atoms. The van der Waals surface area contributed by atoms with Gasteiger partial charge in [0.25, 0.3) is 5.91 Å². The number of benzene rings is 1. The van der Waals surface area contributed by atoms with Crippen molar-refractivity contribution in [2.24, 2.45) is 11.3 Å². The van der Waals surface area contributed by atoms with E-state index in [2.05, 4.69) is 37.2 Å². The number of hydrogen-bond acceptors (Lipinski definition) is 11. The van der Waals surface area contributed by atoms with Crippen LogP contribution in [0.25, 0.3) is 0 Å². The van der Waals surface area contributed by atoms with Crippen LogP contribution < -0.4 is 37.2 Å². The van der Waals surface area contributed by atoms with Gasteiger partial charge in [0.05, 0.1) is 18.9 Å². The maximum Gasteiger partial charge on any atom is 0.305 e. The van der Waals surface area contributed by atoms with Crippen LogP contribution >= 0.6 is 0 Å². The zero-order valence-electron chi connectivity index (χ0n) is 35.6. The van der Waals surface area contributed by atoms with E-state index in [4.69, 9.17) is 5.11 Å². The van der Waals surface area contributed by atoms with Crippen LogP contribution in [-0.4, -0.2) is 124 Å². The number of amides is 7. The summed E-state index contributed by atoms with van der Waals surface area (Å²) in [7, 11) is 1.25. The largest absolute Gasteiger partial charge is 0.481 e. The van der Waals surface area contributed by atoms with E-state index in [0.717, 1.165) is 0 Å². The first kappa shape index (κ1) is 52.6. The smallest absolute Gasteiger partial charge is 0.305 e. The minimum atomic E-state index is -1.81. The Kier molecular flexibility index (Phi) is 21.2. The Labute approximate surface area is 353 Å². The zero-order valence-corrected chi connectivity index (χ0v) is 35.6. The molecule has 0 aliphatic rings. The molecule has 338 valence electrons. The Morgan fingerprint density at radius 3 is 1.66 bits per heavy atom. The van der Waals surface area contributed by atoms with Gasteiger partial charge in [0.1, 0.15) is 30.2 Å². The van der Waals surface area contributed by atoms with Gasteiger partial charge in [0.2, 0.25) is 41.2 Å². The monoisotopic (exact) mass is 861 g/mol. The number of hydrogen-bond donors (Lipinski definition) is 10. The van der Waals surface area contributed by atoms with Gasteiger partial charge in [0.15, 0.2) is 0 Å². The fourth-order valence-electron chi connectivity index (χ4n) is 5.80. The van der Waals surface area contributed by atoms with E-state index >= 15 is 0 Å². The second-order valence-electron chi connectivity index (χ2n) is 16.0. The van der Waals surface area contributed by atoms with Gasteiger partial charge in [-0.25, -0.2) is 0 Å². The summed E-state index contributed by atoms with van der Waals surface area (Å²) in [6.45, 7) is 11.5. The van der Waals surface area contributed by atoms with Crippen molar-refractivity contribution >= 4 is 65.0 Å². The molecule has 0 saturated carbocycles. The van der Waals surface area contributed by atoms with E-state index in [1.807, 2.05) is 0 Å². The normalized spacial score (nSPS) is 14.0. The summed E-state index contributed by atoms with van der Waals surface area (Å²) in [6, 6.07) is -2.01. The molecule has 0 saturated heterocycles. The van der Waals surface area contributed by atoms with Gasteiger partial charge >= 0.3 is 17.9 Å². The topological polar surface area (TPSA) is 333 Å². The fraction of sp³-hybridized carbons (Fsp3) is 0.575. The van der Waals surface area contributed by atoms with Gasteiger partial charge in [-0.1, -0.05) is 58.9 Å². The zero-order chi connectivity index (χ0) is 46.8. The van der Waals surface area contributed by atoms with Crippen molar-refractivity contribution in [2.45, 2.75) is 130 Å². The second kappa shape index (κ2) is 24.6. The highest BCUT2D eigenvalue weighted by Gasteiger charge is 2.38. The average Bonchev–Trinajstić information content (AvgIpc) is 3.15. The van der Waals surface area contributed by atoms with E-state index in [1.165, 1.54) is 14.0 Å². The minimum Gasteiger partial charge on any atom is -0.481 e. The molecule has 1 rings (SSSR count). The lowest BCUT2D eigenvalue weighted by Gasteiger charge is -2.33. The number of aliphatic carboxylic acids is 3. The van der Waals surface area contributed by atoms with Crippen LogP contribution in [0.1, 0.15) is 91.2 Å². The standard InChI is InChI=1S/C40H59N7O14/c1-20(2)17-25(35(57)42-22(4)32(55)38(60)41-8)46-39(61)33(40(5,6)7)47-37(59)26(18-23-12-10-9-11-21(23)3)45-34(56)24(13-15-29(49)50)44-36(58)27(19-31(53)54)43-28(48)14-16-30(51)52/h9-12,20,22,24-27,33H,13-19H2,1-8H3,(H,41,60)(H,42,57)(H,43,48)(H,44,58)(H,45,56)(H,46,61)(H,47,59)(H,49,50)(H,51,52)(H,53,54). The average molecular weight is 862 g/mol. The molecular weight excluding hydrogens is 802 g/mol. The molecule has 1 aromatic carbocycles. The molecular formula is C40H59N7O14. The van der Waals surface area contributed by atoms with Crippen molar-refractivity contribution in [3.63, 3.8) is 0 Å². The van der Waals surface area contributed by atoms with Crippen LogP contribution in [0.15, 0.2) is 24.3 Å². The maximum atomic E-state index is 14.2. The van der Waals surface area contributed by atoms with Gasteiger partial charge in [-0.15, -0.1) is 0 Å². The number of carbonyl (C=O) groups excluding carboxylic acids is 8. The number of nitrogens with one attached hydrogen (secondary N) is 7. The van der Waals surface area contributed by atoms with Crippen LogP contribution in [0.5, 0.6) is 0 Å². The Bertz CT molecular complexity index is 1810. The van der Waals surface area contributed by atoms with Crippen molar-refractivity contribution in [2.75, 3.05) is 7.05 Å². The van der Waals surface area contributed by atoms with Crippen molar-refractivity contribution in [3.8, 4) is 0 Å². The van der Waals surface area contributed by atoms with E-state index in [-0.39, 0.29) is 18.8 Å². The third-order valence-electron chi connectivity index (χ3n) is 9.15. The molecule has 0 spiro atoms. The molecule has 10 N–H and O–H groups in total. The first-order valence-corrected chi connectivity index (χ1v) is 19.5. The predicted molar refractivity (Wildman–Crippen MR) is 216 cm³/mol. The molecule has 0 radical (unpaired) electrons. The number of Topliss-reactive ketones (excluding diaryl/α,β-unsaturated/α-hetero) is 1. The van der Waals surface area contributed by atoms with Gasteiger partial charge in [-0.05, 0) is 49.1 Å². The summed E-state index contributed by atoms with van der Waals surface area (Å²) in [5.41, 5.74) is 0.243. The highest BCUT2D eigenvalue weighted by Crippen LogP contribution is 2.21. The Balaban J connectivity index is 3.56. The Morgan fingerprint density at radius 2 is 1.13 bits per heavy atom. The fourth-order valence-corrected chi connectivity index (χ4v) is 5.80. The number of carboxylic acid groups (broad SMARTS) is 3. The van der Waals surface area contributed by atoms with Crippen LogP contribution in [0, 0.1) is 18.3 Å². The number of ketones is 1. The summed E-state index contributed by atoms with van der Waals surface area (Å²) < 4.78 is 0. The molecule has 0 aliphatic carbocycles. The highest BCUT2D eigenvalue weighted by molar-refractivity contribution is 6.38. The van der Waals surface area contributed by atoms with Crippen LogP contribution in [0.3, 0.4) is 0 Å². The number of aryl methyl sites for hydroxylation is 1. The van der Waals surface area contributed by atoms with E-state index in [1.54, 1.807) is 65.8 Å². The van der Waals surface area contributed by atoms with Gasteiger partial charge in [-0.2, -0.15) is 0 Å². The molecule has 6 unspecified atom stereocenters. The summed E-state index contributed by atoms with van der Waals surface area (Å²) in [5, 5.41) is 44.5. The Morgan fingerprint density at radius 1 is 0.607 bits per heavy atom. The first-order chi connectivity index (χ1) is 28.3. The molecule has 0 fully saturated rings. The summed E-state index contributed by atoms with van der Waals surface area (Å²) in [5.74, 6) is -12.0. The van der Waals surface area contributed by atoms with Gasteiger partial charge in [-0.3, -0.25) is 52.7 Å². The third kappa shape index (κ3) is 19.0. The van der Waals surface area contributed by atoms with Crippen LogP contribution in [0.4, 0.5) is 0 Å². The maximum absolute atomic E-state index is 14.2. The predicted octanol–water partition coefficient (Wildman–Crippen LogP) is -0.922. The lowest BCUT2D eigenvalue weighted by molar-refractivity contribution is -0.142. The number of rotatable bonds is 25. The van der Waals surface area contributed by atoms with E-state index in [9.17, 15) is 63.0 Å². The summed E-state index contributed by atoms with van der Waals surface area (Å²) >= 11 is 0. The molecule has 0 aromatic heterocycles. The van der Waals surface area contributed by atoms with Crippen molar-refractivity contribution in [1.82, 2.24) is 37.2 Å². The summed E-state index contributed by atoms with van der Waals surface area (Å²) in [6.07, 6.45) is -3.54. The second-order valence-corrected chi connectivity index (χ2v) is 16.0. The SMILES string of the molecule is CNC(=O)C(=O)C(C)NC(=O)C(CC(C)C)NC(=O)C(NC(=O)C(Cc1ccccc1C)NC(=O)C(CCC(=O)O)NC(=O)C(CC(=O)O)NC(=O)CCC(=O)O)C(C)(C)C. The molecule has 1 aromatic rings. The molecule has 6 atom stereocenters. The van der Waals surface area contributed by atoms with E-state index in [0.29, 0.717) is 11.1 Å². The lowest BCUT2D eigenvalue weighted by atomic mass is 9.85. The Hall–Kier alpha value is -6.41. The minimum absolute atomic E-state index is 0.0953. The summed E-state index contributed by atoms with van der Waals surface area (Å²) in [4.78, 5) is 139. The van der Waals surface area contributed by atoms with E-state index < -0.39 is 139 Å². The quantitative estimate of drug-likeness (QED) is 0.0532. The lowest BCUT2D eigenvalue weighted by Crippen LogP contribution is -2.62. The highest BCUT2D eigenvalue weighted by atomic mass is 16.4. The van der Waals surface area contributed by atoms with Crippen molar-refractivity contribution in [1.29, 1.82) is 0 Å². The van der Waals surface area contributed by atoms with Crippen LogP contribution in [-0.2, 0) is 59.2 Å². The number of carboxylic acids is 3. The molecule has 7 amide bonds. The van der Waals surface area contributed by atoms with Crippen molar-refractivity contribution < 1.29 is 68.1 Å². The molecule has 0 bridgehead atoms. The van der Waals surface area contributed by atoms with Gasteiger partial charge < -0.3 is 52.5 Å². The first-order valence-electron chi connectivity index (χ1n) is 19.5. The molecule has 21 nitrogen and oxygen atoms in total. The number of carbonyl (C=O) groups is 11. The van der Waals surface area contributed by atoms with Crippen molar-refractivity contribution in [3.05, 3.63) is 35.4 Å². The van der Waals surface area contributed by atoms with Crippen LogP contribution in [0.2, 0.25) is 0 Å². The molecule has 0 heterocycles. The third-order valence-corrected chi connectivity index (χ3v) is 9.15. The number of likely N-dealkylation sites (N-methyl/N-ethyl adjacent to an activating group) is 1.